The van der Waals surface area contributed by atoms with Gasteiger partial charge in [0.15, 0.2) is 11.5 Å². The highest BCUT2D eigenvalue weighted by Crippen LogP contribution is 2.34. The van der Waals surface area contributed by atoms with E-state index in [1.54, 1.807) is 37.6 Å². The number of sulfonamides is 1. The van der Waals surface area contributed by atoms with Crippen LogP contribution in [0.2, 0.25) is 0 Å². The number of nitrogens with zero attached hydrogens (tertiary/aromatic N) is 3. The lowest BCUT2D eigenvalue weighted by Gasteiger charge is -2.25. The van der Waals surface area contributed by atoms with E-state index in [0.717, 1.165) is 15.6 Å². The fourth-order valence-electron chi connectivity index (χ4n) is 3.39. The Morgan fingerprint density at radius 3 is 2.69 bits per heavy atom. The molecule has 0 spiro atoms. The molecule has 1 aliphatic rings. The Hall–Kier alpha value is -3.53. The van der Waals surface area contributed by atoms with Crippen LogP contribution in [0.5, 0.6) is 11.5 Å². The molecule has 1 N–H and O–H groups in total. The zero-order valence-corrected chi connectivity index (χ0v) is 18.4. The average molecular weight is 457 g/mol. The average Bonchev–Trinajstić information content (AvgIpc) is 3.36. The minimum Gasteiger partial charge on any atom is -0.486 e. The second kappa shape index (κ2) is 9.31. The van der Waals surface area contributed by atoms with Crippen LogP contribution >= 0.6 is 0 Å². The van der Waals surface area contributed by atoms with Crippen LogP contribution in [0.1, 0.15) is 12.5 Å². The molecule has 0 atom stereocenters. The molecule has 2 heterocycles. The van der Waals surface area contributed by atoms with Crippen LogP contribution in [-0.4, -0.2) is 49.4 Å². The second-order valence-electron chi connectivity index (χ2n) is 7.11. The number of ether oxygens (including phenoxy) is 2. The van der Waals surface area contributed by atoms with Gasteiger partial charge in [0.05, 0.1) is 23.5 Å². The summed E-state index contributed by atoms with van der Waals surface area (Å²) in [6.45, 7) is 2.26. The lowest BCUT2D eigenvalue weighted by molar-refractivity contribution is -0.119. The van der Waals surface area contributed by atoms with Crippen molar-refractivity contribution in [1.29, 1.82) is 0 Å². The zero-order valence-electron chi connectivity index (χ0n) is 17.6. The molecular weight excluding hydrogens is 432 g/mol. The maximum Gasteiger partial charge on any atom is 0.241 e. The number of imidazole rings is 1. The summed E-state index contributed by atoms with van der Waals surface area (Å²) in [5, 5.41) is 2.83. The van der Waals surface area contributed by atoms with E-state index in [-0.39, 0.29) is 18.8 Å². The van der Waals surface area contributed by atoms with Gasteiger partial charge in [-0.3, -0.25) is 9.10 Å². The molecule has 0 saturated carbocycles. The minimum atomic E-state index is -3.70. The van der Waals surface area contributed by atoms with E-state index in [1.165, 1.54) is 0 Å². The van der Waals surface area contributed by atoms with Gasteiger partial charge in [0.1, 0.15) is 19.8 Å². The number of aromatic nitrogens is 2. The number of rotatable bonds is 8. The molecule has 0 saturated heterocycles. The smallest absolute Gasteiger partial charge is 0.241 e. The predicted octanol–water partition coefficient (Wildman–Crippen LogP) is 2.12. The third kappa shape index (κ3) is 4.70. The van der Waals surface area contributed by atoms with Gasteiger partial charge < -0.3 is 19.4 Å². The number of amides is 1. The molecule has 0 unspecified atom stereocenters. The first-order chi connectivity index (χ1) is 15.5. The van der Waals surface area contributed by atoms with Gasteiger partial charge in [0, 0.05) is 25.0 Å². The van der Waals surface area contributed by atoms with Crippen molar-refractivity contribution in [3.63, 3.8) is 0 Å². The molecule has 4 rings (SSSR count). The van der Waals surface area contributed by atoms with Gasteiger partial charge in [0.25, 0.3) is 0 Å². The maximum absolute atomic E-state index is 12.8. The number of para-hydroxylation sites is 1. The molecule has 1 amide bonds. The number of hydrogen-bond acceptors (Lipinski definition) is 6. The number of benzene rings is 2. The highest BCUT2D eigenvalue weighted by atomic mass is 32.2. The van der Waals surface area contributed by atoms with Crippen molar-refractivity contribution in [2.24, 2.45) is 0 Å². The molecule has 10 heteroatoms. The summed E-state index contributed by atoms with van der Waals surface area (Å²) in [6, 6.07) is 12.5. The first-order valence-corrected chi connectivity index (χ1v) is 11.8. The first-order valence-electron chi connectivity index (χ1n) is 10.2. The molecule has 168 valence electrons. The van der Waals surface area contributed by atoms with E-state index in [0.29, 0.717) is 30.4 Å². The predicted molar refractivity (Wildman–Crippen MR) is 120 cm³/mol. The van der Waals surface area contributed by atoms with Crippen molar-refractivity contribution in [3.8, 4) is 17.2 Å². The molecule has 0 aliphatic carbocycles. The molecule has 9 nitrogen and oxygen atoms in total. The maximum atomic E-state index is 12.8. The Kier molecular flexibility index (Phi) is 6.31. The van der Waals surface area contributed by atoms with Gasteiger partial charge in [-0.25, -0.2) is 13.4 Å². The highest BCUT2D eigenvalue weighted by molar-refractivity contribution is 7.92. The summed E-state index contributed by atoms with van der Waals surface area (Å²) in [4.78, 5) is 16.8. The van der Waals surface area contributed by atoms with Crippen LogP contribution < -0.4 is 19.1 Å². The summed E-state index contributed by atoms with van der Waals surface area (Å²) in [5.74, 6) is 0.449. The standard InChI is InChI=1S/C22H24N4O5S/c1-2-32(28,29)26(18-7-8-20-21(13-18)31-12-11-30-20)15-22(27)24-14-17-5-3-4-6-19(17)25-10-9-23-16-25/h3-10,13,16H,2,11-12,14-15H2,1H3,(H,24,27). The van der Waals surface area contributed by atoms with E-state index < -0.39 is 15.9 Å². The lowest BCUT2D eigenvalue weighted by atomic mass is 10.1. The fourth-order valence-corrected chi connectivity index (χ4v) is 4.45. The first kappa shape index (κ1) is 21.7. The number of carbonyl (C=O) groups excluding carboxylic acids is 1. The van der Waals surface area contributed by atoms with Crippen molar-refractivity contribution < 1.29 is 22.7 Å². The molecule has 2 aromatic carbocycles. The lowest BCUT2D eigenvalue weighted by Crippen LogP contribution is -2.41. The number of nitrogens with one attached hydrogen (secondary N) is 1. The molecule has 0 fully saturated rings. The van der Waals surface area contributed by atoms with Gasteiger partial charge in [-0.2, -0.15) is 0 Å². The van der Waals surface area contributed by atoms with E-state index in [9.17, 15) is 13.2 Å². The topological polar surface area (TPSA) is 103 Å². The summed E-state index contributed by atoms with van der Waals surface area (Å²) in [5.41, 5.74) is 2.11. The molecule has 1 aromatic heterocycles. The zero-order chi connectivity index (χ0) is 22.6. The van der Waals surface area contributed by atoms with E-state index in [2.05, 4.69) is 10.3 Å². The normalized spacial score (nSPS) is 12.9. The molecule has 32 heavy (non-hydrogen) atoms. The van der Waals surface area contributed by atoms with Crippen LogP contribution in [0.25, 0.3) is 5.69 Å². The Morgan fingerprint density at radius 1 is 1.16 bits per heavy atom. The van der Waals surface area contributed by atoms with Crippen molar-refractivity contribution >= 4 is 21.6 Å². The van der Waals surface area contributed by atoms with Crippen molar-refractivity contribution in [2.45, 2.75) is 13.5 Å². The van der Waals surface area contributed by atoms with Gasteiger partial charge in [-0.05, 0) is 30.7 Å². The second-order valence-corrected chi connectivity index (χ2v) is 9.29. The monoisotopic (exact) mass is 456 g/mol. The van der Waals surface area contributed by atoms with Crippen molar-refractivity contribution in [1.82, 2.24) is 14.9 Å². The van der Waals surface area contributed by atoms with Gasteiger partial charge in [0.2, 0.25) is 15.9 Å². The van der Waals surface area contributed by atoms with Gasteiger partial charge in [-0.1, -0.05) is 18.2 Å². The van der Waals surface area contributed by atoms with Gasteiger partial charge in [-0.15, -0.1) is 0 Å². The van der Waals surface area contributed by atoms with Crippen LogP contribution in [0.3, 0.4) is 0 Å². The summed E-state index contributed by atoms with van der Waals surface area (Å²) >= 11 is 0. The van der Waals surface area contributed by atoms with Crippen molar-refractivity contribution in [3.05, 3.63) is 66.7 Å². The number of hydrogen-bond donors (Lipinski definition) is 1. The number of anilines is 1. The minimum absolute atomic E-state index is 0.141. The van der Waals surface area contributed by atoms with E-state index in [1.807, 2.05) is 35.0 Å². The van der Waals surface area contributed by atoms with Crippen LogP contribution in [-0.2, 0) is 21.4 Å². The molecule has 0 bridgehead atoms. The Morgan fingerprint density at radius 2 is 1.94 bits per heavy atom. The Labute approximate surface area is 186 Å². The molecule has 1 aliphatic heterocycles. The fraction of sp³-hybridized carbons (Fsp3) is 0.273. The third-order valence-electron chi connectivity index (χ3n) is 5.05. The number of carbonyl (C=O) groups is 1. The third-order valence-corrected chi connectivity index (χ3v) is 6.79. The quantitative estimate of drug-likeness (QED) is 0.557. The summed E-state index contributed by atoms with van der Waals surface area (Å²) in [6.07, 6.45) is 5.17. The Bertz CT molecular complexity index is 1190. The molecule has 3 aromatic rings. The van der Waals surface area contributed by atoms with E-state index >= 15 is 0 Å². The SMILES string of the molecule is CCS(=O)(=O)N(CC(=O)NCc1ccccc1-n1ccnc1)c1ccc2c(c1)OCCO2. The summed E-state index contributed by atoms with van der Waals surface area (Å²) < 4.78 is 39.5. The molecular formula is C22H24N4O5S. The molecule has 0 radical (unpaired) electrons. The van der Waals surface area contributed by atoms with Crippen LogP contribution in [0, 0.1) is 0 Å². The summed E-state index contributed by atoms with van der Waals surface area (Å²) in [7, 11) is -3.70. The highest BCUT2D eigenvalue weighted by Gasteiger charge is 2.25. The number of fused-ring (bicyclic) bond motifs is 1. The van der Waals surface area contributed by atoms with Crippen molar-refractivity contribution in [2.75, 3.05) is 29.8 Å². The van der Waals surface area contributed by atoms with Crippen LogP contribution in [0.4, 0.5) is 5.69 Å². The Balaban J connectivity index is 1.51. The van der Waals surface area contributed by atoms with Crippen LogP contribution in [0.15, 0.2) is 61.2 Å². The van der Waals surface area contributed by atoms with Gasteiger partial charge >= 0.3 is 0 Å². The largest absolute Gasteiger partial charge is 0.486 e. The van der Waals surface area contributed by atoms with E-state index in [4.69, 9.17) is 9.47 Å².